The van der Waals surface area contributed by atoms with Crippen molar-refractivity contribution in [2.75, 3.05) is 0 Å². The number of hydrogen-bond acceptors (Lipinski definition) is 5. The zero-order chi connectivity index (χ0) is 27.0. The maximum Gasteiger partial charge on any atom is 0.332 e. The molecule has 0 radical (unpaired) electrons. The number of imidazole rings is 1. The molecular weight excluding hydrogens is 489 g/mol. The van der Waals surface area contributed by atoms with E-state index in [1.54, 1.807) is 12.1 Å². The first kappa shape index (κ1) is 25.2. The second kappa shape index (κ2) is 10.1. The molecule has 0 bridgehead atoms. The molecule has 3 aromatic heterocycles. The third-order valence-corrected chi connectivity index (χ3v) is 6.61. The topological polar surface area (TPSA) is 104 Å². The number of aryl methyl sites for hydroxylation is 1. The van der Waals surface area contributed by atoms with Gasteiger partial charge in [-0.05, 0) is 36.1 Å². The highest BCUT2D eigenvalue weighted by atomic mass is 19.1. The lowest BCUT2D eigenvalue weighted by atomic mass is 10.1. The normalized spacial score (nSPS) is 11.6. The van der Waals surface area contributed by atoms with Crippen LogP contribution in [0.1, 0.15) is 43.4 Å². The number of nitrogens with zero attached hydrogens (tertiary/aromatic N) is 5. The van der Waals surface area contributed by atoms with Gasteiger partial charge in [-0.1, -0.05) is 56.3 Å². The van der Waals surface area contributed by atoms with Gasteiger partial charge in [0.25, 0.3) is 11.1 Å². The Bertz CT molecular complexity index is 1820. The number of halogens is 1. The Hall–Kier alpha value is -4.47. The molecule has 0 atom stereocenters. The van der Waals surface area contributed by atoms with Crippen LogP contribution < -0.4 is 16.8 Å². The summed E-state index contributed by atoms with van der Waals surface area (Å²) in [6.45, 7) is 4.31. The Kier molecular flexibility index (Phi) is 6.71. The van der Waals surface area contributed by atoms with Crippen LogP contribution in [0.2, 0.25) is 0 Å². The predicted octanol–water partition coefficient (Wildman–Crippen LogP) is 3.28. The van der Waals surface area contributed by atoms with Gasteiger partial charge in [-0.15, -0.1) is 0 Å². The van der Waals surface area contributed by atoms with E-state index >= 15 is 0 Å². The van der Waals surface area contributed by atoms with Crippen LogP contribution in [0.15, 0.2) is 69.0 Å². The second-order valence-electron chi connectivity index (χ2n) is 9.29. The van der Waals surface area contributed by atoms with Gasteiger partial charge in [0, 0.05) is 19.5 Å². The fourth-order valence-corrected chi connectivity index (χ4v) is 4.81. The highest BCUT2D eigenvalue weighted by molar-refractivity contribution is 5.76. The first-order valence-electron chi connectivity index (χ1n) is 12.6. The smallest absolute Gasteiger partial charge is 0.332 e. The lowest BCUT2D eigenvalue weighted by Crippen LogP contribution is -2.40. The van der Waals surface area contributed by atoms with E-state index in [4.69, 9.17) is 0 Å². The molecule has 0 aliphatic rings. The minimum absolute atomic E-state index is 0.0230. The van der Waals surface area contributed by atoms with Gasteiger partial charge >= 0.3 is 5.69 Å². The summed E-state index contributed by atoms with van der Waals surface area (Å²) in [4.78, 5) is 45.3. The minimum Gasteiger partial charge on any atom is -0.494 e. The van der Waals surface area contributed by atoms with E-state index in [0.29, 0.717) is 24.9 Å². The summed E-state index contributed by atoms with van der Waals surface area (Å²) in [6.07, 6.45) is 1.28. The Morgan fingerprint density at radius 1 is 0.816 bits per heavy atom. The van der Waals surface area contributed by atoms with Gasteiger partial charge in [0.15, 0.2) is 11.2 Å². The maximum absolute atomic E-state index is 13.8. The molecule has 0 aliphatic heterocycles. The van der Waals surface area contributed by atoms with Crippen LogP contribution in [0, 0.1) is 5.82 Å². The number of benzene rings is 2. The predicted molar refractivity (Wildman–Crippen MR) is 142 cm³/mol. The van der Waals surface area contributed by atoms with Gasteiger partial charge in [0.1, 0.15) is 5.82 Å². The van der Waals surface area contributed by atoms with E-state index in [-0.39, 0.29) is 42.0 Å². The fourth-order valence-electron chi connectivity index (χ4n) is 4.81. The van der Waals surface area contributed by atoms with Gasteiger partial charge < -0.3 is 5.11 Å². The SMILES string of the molecule is CCCn1c(=O)c2c(nc3n(Cc4ccc(F)cc4)c(=O)c(Cc4ccccc4)c(O)n23)n(CCC)c1=O. The Morgan fingerprint density at radius 3 is 2.13 bits per heavy atom. The van der Waals surface area contributed by atoms with E-state index in [0.717, 1.165) is 10.1 Å². The quantitative estimate of drug-likeness (QED) is 0.340. The van der Waals surface area contributed by atoms with E-state index in [1.807, 2.05) is 44.2 Å². The summed E-state index contributed by atoms with van der Waals surface area (Å²) in [6, 6.07) is 14.9. The van der Waals surface area contributed by atoms with Crippen molar-refractivity contribution in [3.05, 3.63) is 108 Å². The Labute approximate surface area is 216 Å². The largest absolute Gasteiger partial charge is 0.494 e. The number of aromatic nitrogens is 5. The molecule has 0 saturated carbocycles. The highest BCUT2D eigenvalue weighted by Crippen LogP contribution is 2.24. The van der Waals surface area contributed by atoms with Gasteiger partial charge in [0.2, 0.25) is 11.7 Å². The van der Waals surface area contributed by atoms with Crippen molar-refractivity contribution in [3.8, 4) is 5.88 Å². The molecule has 5 rings (SSSR count). The molecule has 0 saturated heterocycles. The van der Waals surface area contributed by atoms with Crippen molar-refractivity contribution in [3.63, 3.8) is 0 Å². The van der Waals surface area contributed by atoms with Crippen LogP contribution >= 0.6 is 0 Å². The average molecular weight is 518 g/mol. The van der Waals surface area contributed by atoms with Crippen LogP contribution in [0.3, 0.4) is 0 Å². The molecule has 2 aromatic carbocycles. The van der Waals surface area contributed by atoms with Gasteiger partial charge in [-0.25, -0.2) is 13.6 Å². The van der Waals surface area contributed by atoms with Gasteiger partial charge in [0.05, 0.1) is 12.1 Å². The first-order chi connectivity index (χ1) is 18.3. The van der Waals surface area contributed by atoms with Crippen molar-refractivity contribution in [1.29, 1.82) is 0 Å². The summed E-state index contributed by atoms with van der Waals surface area (Å²) in [5.41, 5.74) is 0.0912. The summed E-state index contributed by atoms with van der Waals surface area (Å²) >= 11 is 0. The molecule has 196 valence electrons. The van der Waals surface area contributed by atoms with E-state index in [2.05, 4.69) is 4.98 Å². The molecule has 3 heterocycles. The van der Waals surface area contributed by atoms with Crippen LogP contribution in [0.5, 0.6) is 5.88 Å². The summed E-state index contributed by atoms with van der Waals surface area (Å²) in [5.74, 6) is -0.777. The monoisotopic (exact) mass is 517 g/mol. The van der Waals surface area contributed by atoms with Crippen LogP contribution in [0.4, 0.5) is 4.39 Å². The first-order valence-corrected chi connectivity index (χ1v) is 12.6. The second-order valence-corrected chi connectivity index (χ2v) is 9.29. The van der Waals surface area contributed by atoms with Crippen LogP contribution in [0.25, 0.3) is 16.9 Å². The van der Waals surface area contributed by atoms with E-state index < -0.39 is 28.5 Å². The third kappa shape index (κ3) is 4.21. The third-order valence-electron chi connectivity index (χ3n) is 6.61. The molecule has 1 N–H and O–H groups in total. The number of aromatic hydroxyl groups is 1. The van der Waals surface area contributed by atoms with Crippen molar-refractivity contribution in [1.82, 2.24) is 23.1 Å². The van der Waals surface area contributed by atoms with Gasteiger partial charge in [-0.3, -0.25) is 23.3 Å². The number of fused-ring (bicyclic) bond motifs is 3. The van der Waals surface area contributed by atoms with Crippen LogP contribution in [-0.2, 0) is 26.1 Å². The summed E-state index contributed by atoms with van der Waals surface area (Å²) in [7, 11) is 0. The summed E-state index contributed by atoms with van der Waals surface area (Å²) in [5, 5.41) is 11.5. The van der Waals surface area contributed by atoms with Crippen molar-refractivity contribution in [2.24, 2.45) is 0 Å². The Balaban J connectivity index is 1.91. The van der Waals surface area contributed by atoms with Crippen molar-refractivity contribution in [2.45, 2.75) is 52.7 Å². The molecule has 5 aromatic rings. The van der Waals surface area contributed by atoms with Gasteiger partial charge in [-0.2, -0.15) is 4.98 Å². The molecule has 10 heteroatoms. The fraction of sp³-hybridized carbons (Fsp3) is 0.286. The standard InChI is InChI=1S/C28H28FN5O4/c1-3-14-31-23-22(26(37)32(15-4-2)28(31)38)34-25(36)21(16-18-8-6-5-7-9-18)24(35)33(27(34)30-23)17-19-10-12-20(29)13-11-19/h5-13,36H,3-4,14-17H2,1-2H3. The average Bonchev–Trinajstić information content (AvgIpc) is 3.32. The lowest BCUT2D eigenvalue weighted by Gasteiger charge is -2.14. The number of rotatable bonds is 8. The maximum atomic E-state index is 13.8. The number of hydrogen-bond donors (Lipinski definition) is 1. The lowest BCUT2D eigenvalue weighted by molar-refractivity contribution is 0.435. The highest BCUT2D eigenvalue weighted by Gasteiger charge is 2.25. The van der Waals surface area contributed by atoms with Crippen molar-refractivity contribution >= 4 is 16.9 Å². The zero-order valence-corrected chi connectivity index (χ0v) is 21.2. The molecular formula is C28H28FN5O4. The molecule has 0 spiro atoms. The zero-order valence-electron chi connectivity index (χ0n) is 21.2. The van der Waals surface area contributed by atoms with E-state index in [9.17, 15) is 23.9 Å². The molecule has 0 amide bonds. The molecule has 9 nitrogen and oxygen atoms in total. The molecule has 0 aliphatic carbocycles. The minimum atomic E-state index is -0.584. The molecule has 38 heavy (non-hydrogen) atoms. The van der Waals surface area contributed by atoms with Crippen molar-refractivity contribution < 1.29 is 9.50 Å². The molecule has 0 fully saturated rings. The Morgan fingerprint density at radius 2 is 1.47 bits per heavy atom. The van der Waals surface area contributed by atoms with E-state index in [1.165, 1.54) is 25.7 Å². The molecule has 0 unspecified atom stereocenters. The van der Waals surface area contributed by atoms with Crippen LogP contribution in [-0.4, -0.2) is 28.2 Å². The summed E-state index contributed by atoms with van der Waals surface area (Å²) < 4.78 is 18.8.